The number of pyridine rings is 1. The van der Waals surface area contributed by atoms with Crippen LogP contribution in [-0.4, -0.2) is 4.98 Å². The molecule has 0 radical (unpaired) electrons. The zero-order valence-corrected chi connectivity index (χ0v) is 10.3. The molecule has 0 spiro atoms. The normalized spacial score (nSPS) is 12.5. The van der Waals surface area contributed by atoms with Crippen molar-refractivity contribution in [2.24, 2.45) is 5.73 Å². The average Bonchev–Trinajstić information content (AvgIpc) is 2.29. The van der Waals surface area contributed by atoms with Gasteiger partial charge in [-0.25, -0.2) is 8.78 Å². The van der Waals surface area contributed by atoms with Gasteiger partial charge < -0.3 is 5.73 Å². The van der Waals surface area contributed by atoms with Gasteiger partial charge in [-0.2, -0.15) is 0 Å². The maximum atomic E-state index is 13.5. The van der Waals surface area contributed by atoms with Gasteiger partial charge in [0, 0.05) is 22.3 Å². The number of hydrogen-bond acceptors (Lipinski definition) is 2. The molecule has 88 valence electrons. The van der Waals surface area contributed by atoms with Crippen molar-refractivity contribution < 1.29 is 8.78 Å². The maximum Gasteiger partial charge on any atom is 0.131 e. The molecular weight excluding hydrogens is 290 g/mol. The number of aromatic nitrogens is 1. The summed E-state index contributed by atoms with van der Waals surface area (Å²) in [4.78, 5) is 4.09. The van der Waals surface area contributed by atoms with Crippen LogP contribution in [0.1, 0.15) is 17.3 Å². The van der Waals surface area contributed by atoms with E-state index in [9.17, 15) is 8.78 Å². The van der Waals surface area contributed by atoms with Gasteiger partial charge in [0.05, 0.1) is 11.7 Å². The number of rotatable bonds is 2. The lowest BCUT2D eigenvalue weighted by Gasteiger charge is -2.12. The molecular formula is C12H9BrF2N2. The number of nitrogens with two attached hydrogens (primary N) is 1. The van der Waals surface area contributed by atoms with Crippen LogP contribution >= 0.6 is 15.9 Å². The summed E-state index contributed by atoms with van der Waals surface area (Å²) in [6.45, 7) is 0. The van der Waals surface area contributed by atoms with Crippen LogP contribution in [0.15, 0.2) is 41.0 Å². The molecule has 0 aliphatic heterocycles. The van der Waals surface area contributed by atoms with Crippen LogP contribution in [0, 0.1) is 11.6 Å². The first kappa shape index (κ1) is 12.1. The maximum absolute atomic E-state index is 13.5. The van der Waals surface area contributed by atoms with Crippen molar-refractivity contribution >= 4 is 15.9 Å². The fraction of sp³-hybridized carbons (Fsp3) is 0.0833. The quantitative estimate of drug-likeness (QED) is 0.925. The fourth-order valence-corrected chi connectivity index (χ4v) is 1.72. The van der Waals surface area contributed by atoms with Crippen LogP contribution in [0.4, 0.5) is 8.78 Å². The Bertz CT molecular complexity index is 529. The zero-order chi connectivity index (χ0) is 12.4. The van der Waals surface area contributed by atoms with Gasteiger partial charge in [0.25, 0.3) is 0 Å². The van der Waals surface area contributed by atoms with Crippen LogP contribution in [0.3, 0.4) is 0 Å². The second-order valence-corrected chi connectivity index (χ2v) is 4.46. The van der Waals surface area contributed by atoms with Crippen LogP contribution in [0.5, 0.6) is 0 Å². The Labute approximate surface area is 106 Å². The van der Waals surface area contributed by atoms with E-state index in [1.54, 1.807) is 18.3 Å². The monoisotopic (exact) mass is 298 g/mol. The molecule has 1 aromatic heterocycles. The van der Waals surface area contributed by atoms with Gasteiger partial charge in [-0.15, -0.1) is 0 Å². The van der Waals surface area contributed by atoms with Crippen molar-refractivity contribution in [2.45, 2.75) is 6.04 Å². The van der Waals surface area contributed by atoms with E-state index >= 15 is 0 Å². The van der Waals surface area contributed by atoms with E-state index in [1.807, 2.05) is 0 Å². The molecule has 1 atom stereocenters. The summed E-state index contributed by atoms with van der Waals surface area (Å²) in [7, 11) is 0. The second kappa shape index (κ2) is 4.89. The first-order chi connectivity index (χ1) is 8.08. The summed E-state index contributed by atoms with van der Waals surface area (Å²) < 4.78 is 27.1. The van der Waals surface area contributed by atoms with Crippen LogP contribution in [0.2, 0.25) is 0 Å². The minimum absolute atomic E-state index is 0.223. The molecule has 1 aromatic carbocycles. The molecule has 0 fully saturated rings. The molecule has 0 aliphatic rings. The van der Waals surface area contributed by atoms with E-state index in [1.165, 1.54) is 12.1 Å². The SMILES string of the molecule is NC(c1ccc(Br)cn1)c1ccc(F)cc1F. The molecule has 0 saturated heterocycles. The van der Waals surface area contributed by atoms with Crippen LogP contribution < -0.4 is 5.73 Å². The van der Waals surface area contributed by atoms with Gasteiger partial charge in [0.1, 0.15) is 11.6 Å². The van der Waals surface area contributed by atoms with Gasteiger partial charge in [-0.3, -0.25) is 4.98 Å². The first-order valence-electron chi connectivity index (χ1n) is 4.90. The summed E-state index contributed by atoms with van der Waals surface area (Å²) in [5.41, 5.74) is 6.63. The molecule has 0 bridgehead atoms. The Kier molecular flexibility index (Phi) is 3.49. The predicted molar refractivity (Wildman–Crippen MR) is 64.3 cm³/mol. The van der Waals surface area contributed by atoms with Crippen LogP contribution in [-0.2, 0) is 0 Å². The third-order valence-electron chi connectivity index (χ3n) is 2.37. The lowest BCUT2D eigenvalue weighted by atomic mass is 10.0. The Hall–Kier alpha value is -1.33. The fourth-order valence-electron chi connectivity index (χ4n) is 1.48. The van der Waals surface area contributed by atoms with Crippen molar-refractivity contribution in [2.75, 3.05) is 0 Å². The molecule has 17 heavy (non-hydrogen) atoms. The van der Waals surface area contributed by atoms with Crippen molar-refractivity contribution in [3.63, 3.8) is 0 Å². The highest BCUT2D eigenvalue weighted by atomic mass is 79.9. The van der Waals surface area contributed by atoms with Crippen LogP contribution in [0.25, 0.3) is 0 Å². The topological polar surface area (TPSA) is 38.9 Å². The zero-order valence-electron chi connectivity index (χ0n) is 8.70. The first-order valence-corrected chi connectivity index (χ1v) is 5.69. The summed E-state index contributed by atoms with van der Waals surface area (Å²) in [6, 6.07) is 6.08. The standard InChI is InChI=1S/C12H9BrF2N2/c13-7-1-4-11(17-6-7)12(16)9-3-2-8(14)5-10(9)15/h1-6,12H,16H2. The van der Waals surface area contributed by atoms with Crippen molar-refractivity contribution in [1.82, 2.24) is 4.98 Å². The number of benzene rings is 1. The van der Waals surface area contributed by atoms with E-state index in [-0.39, 0.29) is 5.56 Å². The molecule has 1 heterocycles. The molecule has 1 unspecified atom stereocenters. The summed E-state index contributed by atoms with van der Waals surface area (Å²) >= 11 is 3.25. The third kappa shape index (κ3) is 2.68. The van der Waals surface area contributed by atoms with E-state index in [0.29, 0.717) is 5.69 Å². The molecule has 0 aliphatic carbocycles. The lowest BCUT2D eigenvalue weighted by Crippen LogP contribution is -2.15. The Balaban J connectivity index is 2.36. The van der Waals surface area contributed by atoms with Gasteiger partial charge >= 0.3 is 0 Å². The second-order valence-electron chi connectivity index (χ2n) is 3.54. The van der Waals surface area contributed by atoms with E-state index in [0.717, 1.165) is 10.5 Å². The Morgan fingerprint density at radius 2 is 1.94 bits per heavy atom. The predicted octanol–water partition coefficient (Wildman–Crippen LogP) is 3.17. The summed E-state index contributed by atoms with van der Waals surface area (Å²) in [5, 5.41) is 0. The Morgan fingerprint density at radius 1 is 1.18 bits per heavy atom. The van der Waals surface area contributed by atoms with E-state index in [4.69, 9.17) is 5.73 Å². The van der Waals surface area contributed by atoms with Gasteiger partial charge in [-0.05, 0) is 34.1 Å². The van der Waals surface area contributed by atoms with E-state index in [2.05, 4.69) is 20.9 Å². The largest absolute Gasteiger partial charge is 0.319 e. The number of halogens is 3. The summed E-state index contributed by atoms with van der Waals surface area (Å²) in [5.74, 6) is -1.29. The minimum Gasteiger partial charge on any atom is -0.319 e. The smallest absolute Gasteiger partial charge is 0.131 e. The van der Waals surface area contributed by atoms with Gasteiger partial charge in [0.2, 0.25) is 0 Å². The lowest BCUT2D eigenvalue weighted by molar-refractivity contribution is 0.564. The highest BCUT2D eigenvalue weighted by molar-refractivity contribution is 9.10. The molecule has 2 rings (SSSR count). The average molecular weight is 299 g/mol. The molecule has 2 aromatic rings. The molecule has 0 amide bonds. The van der Waals surface area contributed by atoms with Crippen molar-refractivity contribution in [3.8, 4) is 0 Å². The highest BCUT2D eigenvalue weighted by Crippen LogP contribution is 2.22. The van der Waals surface area contributed by atoms with Gasteiger partial charge in [0.15, 0.2) is 0 Å². The summed E-state index contributed by atoms with van der Waals surface area (Å²) in [6.07, 6.45) is 1.58. The minimum atomic E-state index is -0.705. The molecule has 2 nitrogen and oxygen atoms in total. The number of nitrogens with zero attached hydrogens (tertiary/aromatic N) is 1. The van der Waals surface area contributed by atoms with Crippen molar-refractivity contribution in [3.05, 3.63) is 63.9 Å². The molecule has 5 heteroatoms. The Morgan fingerprint density at radius 3 is 2.53 bits per heavy atom. The highest BCUT2D eigenvalue weighted by Gasteiger charge is 2.15. The van der Waals surface area contributed by atoms with Gasteiger partial charge in [-0.1, -0.05) is 6.07 Å². The number of hydrogen-bond donors (Lipinski definition) is 1. The molecule has 0 saturated carbocycles. The van der Waals surface area contributed by atoms with Crippen molar-refractivity contribution in [1.29, 1.82) is 0 Å². The third-order valence-corrected chi connectivity index (χ3v) is 2.84. The molecule has 2 N–H and O–H groups in total. The van der Waals surface area contributed by atoms with E-state index < -0.39 is 17.7 Å².